The van der Waals surface area contributed by atoms with Crippen molar-refractivity contribution < 1.29 is 9.53 Å². The minimum atomic E-state index is -0.349. The van der Waals surface area contributed by atoms with E-state index >= 15 is 0 Å². The van der Waals surface area contributed by atoms with Gasteiger partial charge in [-0.25, -0.2) is 4.79 Å². The molecule has 0 aliphatic heterocycles. The largest absolute Gasteiger partial charge is 0.466 e. The second kappa shape index (κ2) is 3.89. The quantitative estimate of drug-likeness (QED) is 0.316. The Balaban J connectivity index is 3.71. The van der Waals surface area contributed by atoms with E-state index < -0.39 is 0 Å². The van der Waals surface area contributed by atoms with E-state index in [9.17, 15) is 4.79 Å². The van der Waals surface area contributed by atoms with Crippen LogP contribution in [0, 0.1) is 0 Å². The summed E-state index contributed by atoms with van der Waals surface area (Å²) in [7, 11) is 1.34. The van der Waals surface area contributed by atoms with Crippen LogP contribution in [0.4, 0.5) is 0 Å². The van der Waals surface area contributed by atoms with Gasteiger partial charge in [0.25, 0.3) is 0 Å². The lowest BCUT2D eigenvalue weighted by Gasteiger charge is -1.87. The van der Waals surface area contributed by atoms with Crippen LogP contribution in [0.3, 0.4) is 0 Å². The molecule has 0 aliphatic rings. The maximum absolute atomic E-state index is 10.4. The van der Waals surface area contributed by atoms with Crippen molar-refractivity contribution in [3.8, 4) is 0 Å². The fourth-order valence-electron chi connectivity index (χ4n) is 0.278. The highest BCUT2D eigenvalue weighted by Crippen LogP contribution is 1.88. The summed E-state index contributed by atoms with van der Waals surface area (Å²) in [6.07, 6.45) is 2.94. The van der Waals surface area contributed by atoms with E-state index in [-0.39, 0.29) is 5.97 Å². The molecule has 9 heavy (non-hydrogen) atoms. The predicted molar refractivity (Wildman–Crippen MR) is 36.0 cm³/mol. The third kappa shape index (κ3) is 4.81. The molecule has 0 rings (SSSR count). The Labute approximate surface area is 54.8 Å². The molecule has 0 aromatic rings. The summed E-state index contributed by atoms with van der Waals surface area (Å²) in [6, 6.07) is 0. The topological polar surface area (TPSA) is 26.3 Å². The van der Waals surface area contributed by atoms with E-state index in [1.54, 1.807) is 13.0 Å². The first-order valence-corrected chi connectivity index (χ1v) is 2.58. The third-order valence-corrected chi connectivity index (χ3v) is 0.705. The summed E-state index contributed by atoms with van der Waals surface area (Å²) in [5.74, 6) is -0.349. The van der Waals surface area contributed by atoms with E-state index in [0.717, 1.165) is 5.57 Å². The third-order valence-electron chi connectivity index (χ3n) is 0.705. The van der Waals surface area contributed by atoms with E-state index in [2.05, 4.69) is 11.3 Å². The van der Waals surface area contributed by atoms with E-state index in [1.807, 2.05) is 0 Å². The van der Waals surface area contributed by atoms with Crippen molar-refractivity contribution >= 4 is 5.97 Å². The predicted octanol–water partition coefficient (Wildman–Crippen LogP) is 1.29. The molecule has 0 atom stereocenters. The first kappa shape index (κ1) is 7.95. The number of ether oxygens (including phenoxy) is 1. The van der Waals surface area contributed by atoms with Gasteiger partial charge in [-0.3, -0.25) is 0 Å². The van der Waals surface area contributed by atoms with Crippen LogP contribution in [0.1, 0.15) is 6.92 Å². The molecule has 0 aliphatic carbocycles. The van der Waals surface area contributed by atoms with Gasteiger partial charge in [0.05, 0.1) is 7.11 Å². The lowest BCUT2D eigenvalue weighted by atomic mass is 10.3. The van der Waals surface area contributed by atoms with Crippen molar-refractivity contribution in [3.63, 3.8) is 0 Å². The zero-order valence-corrected chi connectivity index (χ0v) is 5.68. The molecule has 0 aromatic carbocycles. The Morgan fingerprint density at radius 1 is 1.56 bits per heavy atom. The van der Waals surface area contributed by atoms with Gasteiger partial charge in [-0.1, -0.05) is 18.2 Å². The number of rotatable bonds is 2. The Morgan fingerprint density at radius 2 is 2.11 bits per heavy atom. The van der Waals surface area contributed by atoms with Crippen molar-refractivity contribution in [2.45, 2.75) is 6.92 Å². The molecule has 0 heterocycles. The summed E-state index contributed by atoms with van der Waals surface area (Å²) >= 11 is 0. The second-order valence-corrected chi connectivity index (χ2v) is 1.70. The molecule has 0 fully saturated rings. The SMILES string of the molecule is C=C(C)/C=C/C(=O)OC. The van der Waals surface area contributed by atoms with Crippen LogP contribution in [-0.2, 0) is 9.53 Å². The number of methoxy groups -OCH3 is 1. The molecule has 0 aromatic heterocycles. The van der Waals surface area contributed by atoms with E-state index in [4.69, 9.17) is 0 Å². The Morgan fingerprint density at radius 3 is 2.44 bits per heavy atom. The Kier molecular flexibility index (Phi) is 3.44. The number of hydrogen-bond acceptors (Lipinski definition) is 2. The molecule has 0 amide bonds. The fraction of sp³-hybridized carbons (Fsp3) is 0.286. The first-order chi connectivity index (χ1) is 4.16. The molecule has 2 heteroatoms. The van der Waals surface area contributed by atoms with Crippen molar-refractivity contribution in [2.24, 2.45) is 0 Å². The van der Waals surface area contributed by atoms with Crippen molar-refractivity contribution in [1.29, 1.82) is 0 Å². The maximum Gasteiger partial charge on any atom is 0.330 e. The van der Waals surface area contributed by atoms with E-state index in [1.165, 1.54) is 13.2 Å². The average molecular weight is 126 g/mol. The fourth-order valence-corrected chi connectivity index (χ4v) is 0.278. The number of carbonyl (C=O) groups is 1. The molecular formula is C7H10O2. The molecule has 50 valence electrons. The summed E-state index contributed by atoms with van der Waals surface area (Å²) in [4.78, 5) is 10.4. The highest BCUT2D eigenvalue weighted by molar-refractivity contribution is 5.82. The molecule has 0 radical (unpaired) electrons. The van der Waals surface area contributed by atoms with Gasteiger partial charge in [0.2, 0.25) is 0 Å². The number of hydrogen-bond donors (Lipinski definition) is 0. The van der Waals surface area contributed by atoms with Crippen molar-refractivity contribution in [1.82, 2.24) is 0 Å². The maximum atomic E-state index is 10.4. The average Bonchev–Trinajstić information content (AvgIpc) is 1.83. The van der Waals surface area contributed by atoms with Crippen LogP contribution >= 0.6 is 0 Å². The van der Waals surface area contributed by atoms with Crippen LogP contribution < -0.4 is 0 Å². The van der Waals surface area contributed by atoms with Gasteiger partial charge in [0.1, 0.15) is 0 Å². The molecule has 0 unspecified atom stereocenters. The van der Waals surface area contributed by atoms with Crippen LogP contribution in [0.2, 0.25) is 0 Å². The molecular weight excluding hydrogens is 116 g/mol. The highest BCUT2D eigenvalue weighted by Gasteiger charge is 1.87. The van der Waals surface area contributed by atoms with E-state index in [0.29, 0.717) is 0 Å². The van der Waals surface area contributed by atoms with Gasteiger partial charge in [0, 0.05) is 6.08 Å². The normalized spacial score (nSPS) is 9.56. The Bertz CT molecular complexity index is 145. The highest BCUT2D eigenvalue weighted by atomic mass is 16.5. The molecule has 0 saturated heterocycles. The lowest BCUT2D eigenvalue weighted by Crippen LogP contribution is -1.93. The minimum Gasteiger partial charge on any atom is -0.466 e. The lowest BCUT2D eigenvalue weighted by molar-refractivity contribution is -0.134. The zero-order valence-electron chi connectivity index (χ0n) is 5.68. The van der Waals surface area contributed by atoms with Crippen molar-refractivity contribution in [3.05, 3.63) is 24.3 Å². The Hall–Kier alpha value is -1.05. The molecule has 0 saturated carbocycles. The summed E-state index contributed by atoms with van der Waals surface area (Å²) < 4.78 is 4.33. The van der Waals surface area contributed by atoms with Gasteiger partial charge >= 0.3 is 5.97 Å². The standard InChI is InChI=1S/C7H10O2/c1-6(2)4-5-7(8)9-3/h4-5H,1H2,2-3H3/b5-4+. The second-order valence-electron chi connectivity index (χ2n) is 1.70. The molecule has 0 N–H and O–H groups in total. The summed E-state index contributed by atoms with van der Waals surface area (Å²) in [5, 5.41) is 0. The smallest absolute Gasteiger partial charge is 0.330 e. The van der Waals surface area contributed by atoms with Crippen LogP contribution in [0.25, 0.3) is 0 Å². The molecule has 0 spiro atoms. The van der Waals surface area contributed by atoms with Gasteiger partial charge in [-0.2, -0.15) is 0 Å². The van der Waals surface area contributed by atoms with Crippen LogP contribution in [-0.4, -0.2) is 13.1 Å². The van der Waals surface area contributed by atoms with Gasteiger partial charge in [0.15, 0.2) is 0 Å². The van der Waals surface area contributed by atoms with Crippen LogP contribution in [0.15, 0.2) is 24.3 Å². The number of esters is 1. The minimum absolute atomic E-state index is 0.349. The van der Waals surface area contributed by atoms with Gasteiger partial charge in [-0.15, -0.1) is 0 Å². The number of allylic oxidation sites excluding steroid dienone is 2. The van der Waals surface area contributed by atoms with Gasteiger partial charge < -0.3 is 4.74 Å². The monoisotopic (exact) mass is 126 g/mol. The van der Waals surface area contributed by atoms with Crippen LogP contribution in [0.5, 0.6) is 0 Å². The molecule has 0 bridgehead atoms. The summed E-state index contributed by atoms with van der Waals surface area (Å²) in [6.45, 7) is 5.37. The summed E-state index contributed by atoms with van der Waals surface area (Å²) in [5.41, 5.74) is 0.834. The first-order valence-electron chi connectivity index (χ1n) is 2.58. The van der Waals surface area contributed by atoms with Crippen molar-refractivity contribution in [2.75, 3.05) is 7.11 Å². The zero-order chi connectivity index (χ0) is 7.28. The van der Waals surface area contributed by atoms with Gasteiger partial charge in [-0.05, 0) is 6.92 Å². The number of carbonyl (C=O) groups excluding carboxylic acids is 1. The molecule has 2 nitrogen and oxygen atoms in total.